The Hall–Kier alpha value is -2.07. The lowest BCUT2D eigenvalue weighted by molar-refractivity contribution is 0.0696. The lowest BCUT2D eigenvalue weighted by atomic mass is 10.1. The third kappa shape index (κ3) is 2.69. The van der Waals surface area contributed by atoms with Gasteiger partial charge in [-0.3, -0.25) is 0 Å². The maximum absolute atomic E-state index is 10.9. The summed E-state index contributed by atoms with van der Waals surface area (Å²) in [5.41, 5.74) is 2.39. The highest BCUT2D eigenvalue weighted by Gasteiger charge is 2.13. The smallest absolute Gasteiger partial charge is 0.338 e. The molecule has 0 aliphatic heterocycles. The van der Waals surface area contributed by atoms with Crippen LogP contribution in [0.4, 0.5) is 0 Å². The predicted octanol–water partition coefficient (Wildman–Crippen LogP) is 3.42. The van der Waals surface area contributed by atoms with Gasteiger partial charge in [0.25, 0.3) is 0 Å². The number of aromatic nitrogens is 1. The second kappa shape index (κ2) is 5.28. The van der Waals surface area contributed by atoms with Gasteiger partial charge in [-0.15, -0.1) is 0 Å². The zero-order valence-electron chi connectivity index (χ0n) is 10.5. The fraction of sp³-hybridized carbons (Fsp3) is 0.143. The Bertz CT molecular complexity index is 641. The summed E-state index contributed by atoms with van der Waals surface area (Å²) in [7, 11) is 1.57. The van der Waals surface area contributed by atoms with E-state index in [4.69, 9.17) is 21.4 Å². The largest absolute Gasteiger partial charge is 0.496 e. The third-order valence-electron chi connectivity index (χ3n) is 2.71. The van der Waals surface area contributed by atoms with E-state index >= 15 is 0 Å². The number of carboxylic acids is 1. The van der Waals surface area contributed by atoms with Crippen molar-refractivity contribution in [1.29, 1.82) is 0 Å². The monoisotopic (exact) mass is 277 g/mol. The van der Waals surface area contributed by atoms with Crippen molar-refractivity contribution in [3.63, 3.8) is 0 Å². The minimum Gasteiger partial charge on any atom is -0.496 e. The summed E-state index contributed by atoms with van der Waals surface area (Å²) in [5.74, 6) is -0.433. The van der Waals surface area contributed by atoms with Gasteiger partial charge >= 0.3 is 5.97 Å². The summed E-state index contributed by atoms with van der Waals surface area (Å²) in [6.45, 7) is 1.95. The van der Waals surface area contributed by atoms with Crippen LogP contribution in [0.25, 0.3) is 11.3 Å². The number of nitrogens with zero attached hydrogens (tertiary/aromatic N) is 1. The highest BCUT2D eigenvalue weighted by atomic mass is 35.5. The van der Waals surface area contributed by atoms with Crippen LogP contribution < -0.4 is 4.74 Å². The van der Waals surface area contributed by atoms with Crippen LogP contribution in [0.3, 0.4) is 0 Å². The molecule has 0 fully saturated rings. The van der Waals surface area contributed by atoms with Gasteiger partial charge in [0.2, 0.25) is 0 Å². The molecule has 1 N–H and O–H groups in total. The molecule has 2 aromatic rings. The van der Waals surface area contributed by atoms with Crippen molar-refractivity contribution in [2.24, 2.45) is 0 Å². The van der Waals surface area contributed by atoms with E-state index in [1.165, 1.54) is 6.07 Å². The van der Waals surface area contributed by atoms with Crippen LogP contribution in [0.5, 0.6) is 5.75 Å². The molecule has 0 saturated carbocycles. The van der Waals surface area contributed by atoms with Crippen molar-refractivity contribution in [1.82, 2.24) is 4.98 Å². The Morgan fingerprint density at radius 2 is 2.05 bits per heavy atom. The van der Waals surface area contributed by atoms with Gasteiger partial charge in [-0.2, -0.15) is 0 Å². The highest BCUT2D eigenvalue weighted by molar-refractivity contribution is 6.32. The Balaban J connectivity index is 2.56. The first-order chi connectivity index (χ1) is 9.02. The molecule has 5 heteroatoms. The maximum Gasteiger partial charge on any atom is 0.338 e. The van der Waals surface area contributed by atoms with E-state index in [0.717, 1.165) is 11.1 Å². The molecule has 1 aromatic heterocycles. The Kier molecular flexibility index (Phi) is 3.71. The van der Waals surface area contributed by atoms with E-state index in [1.807, 2.05) is 25.1 Å². The summed E-state index contributed by atoms with van der Waals surface area (Å²) in [5, 5.41) is 8.89. The predicted molar refractivity (Wildman–Crippen MR) is 72.9 cm³/mol. The number of benzene rings is 1. The second-order valence-corrected chi connectivity index (χ2v) is 4.40. The van der Waals surface area contributed by atoms with Crippen molar-refractivity contribution >= 4 is 17.6 Å². The Labute approximate surface area is 115 Å². The Morgan fingerprint density at radius 3 is 2.63 bits per heavy atom. The third-order valence-corrected chi connectivity index (χ3v) is 3.00. The number of ether oxygens (including phenoxy) is 1. The van der Waals surface area contributed by atoms with E-state index in [2.05, 4.69) is 4.98 Å². The maximum atomic E-state index is 10.9. The van der Waals surface area contributed by atoms with Gasteiger partial charge in [-0.25, -0.2) is 9.78 Å². The van der Waals surface area contributed by atoms with Gasteiger partial charge in [0.05, 0.1) is 18.4 Å². The highest BCUT2D eigenvalue weighted by Crippen LogP contribution is 2.31. The number of rotatable bonds is 3. The van der Waals surface area contributed by atoms with E-state index in [-0.39, 0.29) is 10.7 Å². The van der Waals surface area contributed by atoms with Crippen molar-refractivity contribution < 1.29 is 14.6 Å². The Morgan fingerprint density at radius 1 is 1.32 bits per heavy atom. The molecule has 0 spiro atoms. The fourth-order valence-electron chi connectivity index (χ4n) is 1.77. The molecular formula is C14H12ClNO3. The number of carboxylic acid groups (broad SMARTS) is 1. The SMILES string of the molecule is COc1ccc(C)cc1-c1ccc(C(=O)O)c(Cl)n1. The summed E-state index contributed by atoms with van der Waals surface area (Å²) in [6, 6.07) is 8.74. The average Bonchev–Trinajstić information content (AvgIpc) is 2.38. The molecule has 98 valence electrons. The summed E-state index contributed by atoms with van der Waals surface area (Å²) >= 11 is 5.88. The summed E-state index contributed by atoms with van der Waals surface area (Å²) in [6.07, 6.45) is 0. The number of hydrogen-bond acceptors (Lipinski definition) is 3. The van der Waals surface area contributed by atoms with Crippen molar-refractivity contribution in [2.45, 2.75) is 6.92 Å². The zero-order chi connectivity index (χ0) is 14.0. The van der Waals surface area contributed by atoms with Gasteiger partial charge in [0.15, 0.2) is 0 Å². The van der Waals surface area contributed by atoms with E-state index in [1.54, 1.807) is 13.2 Å². The van der Waals surface area contributed by atoms with Gasteiger partial charge in [-0.05, 0) is 31.2 Å². The second-order valence-electron chi connectivity index (χ2n) is 4.04. The molecule has 0 amide bonds. The van der Waals surface area contributed by atoms with Crippen LogP contribution in [0.15, 0.2) is 30.3 Å². The van der Waals surface area contributed by atoms with Crippen molar-refractivity contribution in [2.75, 3.05) is 7.11 Å². The van der Waals surface area contributed by atoms with Crippen LogP contribution in [-0.2, 0) is 0 Å². The molecule has 1 aromatic carbocycles. The number of aromatic carboxylic acids is 1. The lowest BCUT2D eigenvalue weighted by Crippen LogP contribution is -2.00. The van der Waals surface area contributed by atoms with E-state index in [0.29, 0.717) is 11.4 Å². The van der Waals surface area contributed by atoms with Gasteiger partial charge in [0, 0.05) is 5.56 Å². The van der Waals surface area contributed by atoms with Gasteiger partial charge in [0.1, 0.15) is 10.9 Å². The molecule has 0 aliphatic carbocycles. The summed E-state index contributed by atoms with van der Waals surface area (Å²) < 4.78 is 5.27. The van der Waals surface area contributed by atoms with E-state index < -0.39 is 5.97 Å². The van der Waals surface area contributed by atoms with Crippen LogP contribution >= 0.6 is 11.6 Å². The molecule has 19 heavy (non-hydrogen) atoms. The standard InChI is InChI=1S/C14H12ClNO3/c1-8-3-6-12(19-2)10(7-8)11-5-4-9(14(17)18)13(15)16-11/h3-7H,1-2H3,(H,17,18). The van der Waals surface area contributed by atoms with Crippen molar-refractivity contribution in [3.05, 3.63) is 46.6 Å². The van der Waals surface area contributed by atoms with Crippen molar-refractivity contribution in [3.8, 4) is 17.0 Å². The van der Waals surface area contributed by atoms with E-state index in [9.17, 15) is 4.79 Å². The number of methoxy groups -OCH3 is 1. The topological polar surface area (TPSA) is 59.4 Å². The molecule has 0 atom stereocenters. The molecular weight excluding hydrogens is 266 g/mol. The molecule has 0 bridgehead atoms. The number of carbonyl (C=O) groups is 1. The molecule has 0 unspecified atom stereocenters. The molecule has 0 aliphatic rings. The van der Waals surface area contributed by atoms with Gasteiger partial charge < -0.3 is 9.84 Å². The lowest BCUT2D eigenvalue weighted by Gasteiger charge is -2.09. The average molecular weight is 278 g/mol. The minimum absolute atomic E-state index is 0.0166. The van der Waals surface area contributed by atoms with Crippen LogP contribution in [0, 0.1) is 6.92 Å². The molecule has 0 radical (unpaired) electrons. The van der Waals surface area contributed by atoms with Crippen LogP contribution in [-0.4, -0.2) is 23.2 Å². The zero-order valence-corrected chi connectivity index (χ0v) is 11.2. The number of halogens is 1. The first kappa shape index (κ1) is 13.4. The van der Waals surface area contributed by atoms with Crippen LogP contribution in [0.1, 0.15) is 15.9 Å². The normalized spacial score (nSPS) is 10.3. The first-order valence-electron chi connectivity index (χ1n) is 5.58. The molecule has 4 nitrogen and oxygen atoms in total. The molecule has 1 heterocycles. The molecule has 2 rings (SSSR count). The summed E-state index contributed by atoms with van der Waals surface area (Å²) in [4.78, 5) is 15.0. The molecule has 0 saturated heterocycles. The number of aryl methyl sites for hydroxylation is 1. The fourth-order valence-corrected chi connectivity index (χ4v) is 2.00. The minimum atomic E-state index is -1.10. The number of pyridine rings is 1. The quantitative estimate of drug-likeness (QED) is 0.874. The van der Waals surface area contributed by atoms with Crippen LogP contribution in [0.2, 0.25) is 5.15 Å². The number of hydrogen-bond donors (Lipinski definition) is 1. The van der Waals surface area contributed by atoms with Gasteiger partial charge in [-0.1, -0.05) is 23.2 Å². The first-order valence-corrected chi connectivity index (χ1v) is 5.95.